The maximum Gasteiger partial charge on any atom is 0.0731 e. The number of hydrogen-bond acceptors (Lipinski definition) is 2. The van der Waals surface area contributed by atoms with Crippen LogP contribution in [0.3, 0.4) is 0 Å². The van der Waals surface area contributed by atoms with Crippen LogP contribution in [-0.4, -0.2) is 9.97 Å². The highest BCUT2D eigenvalue weighted by Gasteiger charge is 2.16. The Morgan fingerprint density at radius 1 is 0.556 bits per heavy atom. The van der Waals surface area contributed by atoms with E-state index in [1.807, 2.05) is 48.8 Å². The molecule has 2 aromatic carbocycles. The molecule has 3 heteroatoms. The molecular weight excluding hydrogens is 347 g/mol. The Kier molecular flexibility index (Phi) is 5.47. The van der Waals surface area contributed by atoms with Crippen molar-refractivity contribution in [3.63, 3.8) is 0 Å². The van der Waals surface area contributed by atoms with Gasteiger partial charge in [0.05, 0.1) is 10.9 Å². The predicted molar refractivity (Wildman–Crippen MR) is 115 cm³/mol. The summed E-state index contributed by atoms with van der Waals surface area (Å²) in [6.07, 6.45) is 3.71. The summed E-state index contributed by atoms with van der Waals surface area (Å²) in [6.45, 7) is 0. The highest BCUT2D eigenvalue weighted by Crippen LogP contribution is 2.39. The molecule has 0 saturated carbocycles. The molecule has 4 aromatic rings. The van der Waals surface area contributed by atoms with Crippen molar-refractivity contribution in [2.45, 2.75) is 0 Å². The minimum absolute atomic E-state index is 0.822. The van der Waals surface area contributed by atoms with Crippen molar-refractivity contribution in [1.82, 2.24) is 9.97 Å². The van der Waals surface area contributed by atoms with Gasteiger partial charge in [0.15, 0.2) is 0 Å². The molecule has 2 nitrogen and oxygen atoms in total. The highest BCUT2D eigenvalue weighted by atomic mass is 31.1. The molecule has 0 N–H and O–H groups in total. The van der Waals surface area contributed by atoms with E-state index in [0.29, 0.717) is 0 Å². The smallest absolute Gasteiger partial charge is 0.0731 e. The topological polar surface area (TPSA) is 25.8 Å². The standard InChI is InChI=1S/C24H19N2P/c1-3-11-20(12-4-1)22(21-13-5-2-6-14-21)19-27(23-15-7-9-17-25-23)24-16-8-10-18-26-24/h1-19H. The van der Waals surface area contributed by atoms with Gasteiger partial charge in [-0.2, -0.15) is 0 Å². The van der Waals surface area contributed by atoms with E-state index in [4.69, 9.17) is 0 Å². The fourth-order valence-corrected chi connectivity index (χ4v) is 4.85. The third-order valence-electron chi connectivity index (χ3n) is 4.22. The molecule has 0 amide bonds. The summed E-state index contributed by atoms with van der Waals surface area (Å²) in [7, 11) is -0.822. The largest absolute Gasteiger partial charge is 0.256 e. The number of nitrogens with zero attached hydrogens (tertiary/aromatic N) is 2. The van der Waals surface area contributed by atoms with E-state index in [2.05, 4.69) is 76.4 Å². The molecular formula is C24H19N2P. The van der Waals surface area contributed by atoms with Gasteiger partial charge in [-0.05, 0) is 46.8 Å². The van der Waals surface area contributed by atoms with E-state index in [-0.39, 0.29) is 0 Å². The molecule has 0 saturated heterocycles. The van der Waals surface area contributed by atoms with Crippen LogP contribution in [0.15, 0.2) is 115 Å². The molecule has 27 heavy (non-hydrogen) atoms. The fraction of sp³-hybridized carbons (Fsp3) is 0. The van der Waals surface area contributed by atoms with Crippen LogP contribution >= 0.6 is 7.92 Å². The van der Waals surface area contributed by atoms with Gasteiger partial charge in [0.1, 0.15) is 0 Å². The maximum atomic E-state index is 4.64. The molecule has 4 rings (SSSR count). The van der Waals surface area contributed by atoms with Crippen molar-refractivity contribution in [3.05, 3.63) is 126 Å². The summed E-state index contributed by atoms with van der Waals surface area (Å²) >= 11 is 0. The van der Waals surface area contributed by atoms with Crippen LogP contribution in [0, 0.1) is 0 Å². The van der Waals surface area contributed by atoms with Gasteiger partial charge >= 0.3 is 0 Å². The second kappa shape index (κ2) is 8.53. The van der Waals surface area contributed by atoms with Gasteiger partial charge in [-0.3, -0.25) is 9.97 Å². The summed E-state index contributed by atoms with van der Waals surface area (Å²) < 4.78 is 0. The fourth-order valence-electron chi connectivity index (χ4n) is 2.92. The number of aromatic nitrogens is 2. The Balaban J connectivity index is 1.90. The monoisotopic (exact) mass is 366 g/mol. The minimum Gasteiger partial charge on any atom is -0.256 e. The maximum absolute atomic E-state index is 4.64. The second-order valence-corrected chi connectivity index (χ2v) is 7.94. The number of benzene rings is 2. The van der Waals surface area contributed by atoms with E-state index in [9.17, 15) is 0 Å². The van der Waals surface area contributed by atoms with Gasteiger partial charge in [-0.1, -0.05) is 72.8 Å². The average molecular weight is 366 g/mol. The quantitative estimate of drug-likeness (QED) is 0.465. The summed E-state index contributed by atoms with van der Waals surface area (Å²) in [4.78, 5) is 9.28. The normalized spacial score (nSPS) is 10.6. The van der Waals surface area contributed by atoms with Crippen molar-refractivity contribution < 1.29 is 0 Å². The average Bonchev–Trinajstić information content (AvgIpc) is 2.77. The SMILES string of the molecule is C(=C(c1ccccc1)c1ccccc1)P(c1ccccn1)c1ccccn1. The Labute approximate surface area is 161 Å². The second-order valence-electron chi connectivity index (χ2n) is 6.02. The van der Waals surface area contributed by atoms with Crippen molar-refractivity contribution in [2.24, 2.45) is 0 Å². The molecule has 0 bridgehead atoms. The van der Waals surface area contributed by atoms with E-state index in [1.165, 1.54) is 16.7 Å². The first kappa shape index (κ1) is 17.3. The molecule has 0 spiro atoms. The van der Waals surface area contributed by atoms with Crippen LogP contribution in [0.4, 0.5) is 0 Å². The third-order valence-corrected chi connectivity index (χ3v) is 6.25. The third kappa shape index (κ3) is 4.19. The summed E-state index contributed by atoms with van der Waals surface area (Å²) in [6, 6.07) is 33.2. The number of pyridine rings is 2. The number of hydrogen-bond donors (Lipinski definition) is 0. The van der Waals surface area contributed by atoms with Gasteiger partial charge in [0.25, 0.3) is 0 Å². The van der Waals surface area contributed by atoms with E-state index < -0.39 is 7.92 Å². The summed E-state index contributed by atoms with van der Waals surface area (Å²) in [5.74, 6) is 2.34. The van der Waals surface area contributed by atoms with Crippen LogP contribution in [0.1, 0.15) is 11.1 Å². The van der Waals surface area contributed by atoms with Crippen LogP contribution in [0.2, 0.25) is 0 Å². The van der Waals surface area contributed by atoms with E-state index in [1.54, 1.807) is 0 Å². The molecule has 0 atom stereocenters. The zero-order valence-electron chi connectivity index (χ0n) is 14.8. The molecule has 130 valence electrons. The summed E-state index contributed by atoms with van der Waals surface area (Å²) in [5, 5.41) is 0. The molecule has 0 aliphatic heterocycles. The van der Waals surface area contributed by atoms with Crippen LogP contribution in [0.25, 0.3) is 5.57 Å². The Bertz CT molecular complexity index is 920. The minimum atomic E-state index is -0.822. The van der Waals surface area contributed by atoms with Crippen molar-refractivity contribution in [1.29, 1.82) is 0 Å². The van der Waals surface area contributed by atoms with Gasteiger partial charge in [-0.15, -0.1) is 0 Å². The first-order valence-electron chi connectivity index (χ1n) is 8.86. The Hall–Kier alpha value is -3.09. The van der Waals surface area contributed by atoms with Crippen LogP contribution < -0.4 is 10.9 Å². The van der Waals surface area contributed by atoms with Gasteiger partial charge in [0, 0.05) is 20.3 Å². The zero-order chi connectivity index (χ0) is 18.3. The lowest BCUT2D eigenvalue weighted by atomic mass is 10.00. The Morgan fingerprint density at radius 3 is 1.41 bits per heavy atom. The lowest BCUT2D eigenvalue weighted by Crippen LogP contribution is -2.15. The molecule has 0 unspecified atom stereocenters. The molecule has 2 heterocycles. The van der Waals surface area contributed by atoms with E-state index >= 15 is 0 Å². The molecule has 0 aliphatic rings. The van der Waals surface area contributed by atoms with Crippen molar-refractivity contribution >= 4 is 24.4 Å². The Morgan fingerprint density at radius 2 is 1.00 bits per heavy atom. The molecule has 0 radical (unpaired) electrons. The lowest BCUT2D eigenvalue weighted by molar-refractivity contribution is 1.37. The van der Waals surface area contributed by atoms with Crippen LogP contribution in [-0.2, 0) is 0 Å². The first-order valence-corrected chi connectivity index (χ1v) is 10.3. The highest BCUT2D eigenvalue weighted by molar-refractivity contribution is 7.75. The van der Waals surface area contributed by atoms with Crippen molar-refractivity contribution in [2.75, 3.05) is 0 Å². The van der Waals surface area contributed by atoms with Gasteiger partial charge < -0.3 is 0 Å². The van der Waals surface area contributed by atoms with Gasteiger partial charge in [0.2, 0.25) is 0 Å². The van der Waals surface area contributed by atoms with Crippen molar-refractivity contribution in [3.8, 4) is 0 Å². The molecule has 0 fully saturated rings. The predicted octanol–water partition coefficient (Wildman–Crippen LogP) is 5.00. The number of rotatable bonds is 5. The lowest BCUT2D eigenvalue weighted by Gasteiger charge is -2.16. The molecule has 0 aliphatic carbocycles. The van der Waals surface area contributed by atoms with Gasteiger partial charge in [-0.25, -0.2) is 0 Å². The zero-order valence-corrected chi connectivity index (χ0v) is 15.7. The molecule has 2 aromatic heterocycles. The summed E-state index contributed by atoms with van der Waals surface area (Å²) in [5.41, 5.74) is 5.70. The first-order chi connectivity index (χ1) is 13.4. The van der Waals surface area contributed by atoms with Crippen LogP contribution in [0.5, 0.6) is 0 Å². The van der Waals surface area contributed by atoms with E-state index in [0.717, 1.165) is 10.9 Å².